The van der Waals surface area contributed by atoms with E-state index in [9.17, 15) is 4.57 Å². The molecule has 0 radical (unpaired) electrons. The van der Waals surface area contributed by atoms with Crippen LogP contribution in [-0.4, -0.2) is 12.2 Å². The highest BCUT2D eigenvalue weighted by Crippen LogP contribution is 2.49. The number of aryl methyl sites for hydroxylation is 1. The first kappa shape index (κ1) is 17.0. The first-order valence-corrected chi connectivity index (χ1v) is 8.46. The van der Waals surface area contributed by atoms with Gasteiger partial charge in [-0.1, -0.05) is 36.3 Å². The maximum atomic E-state index is 12.4. The molecule has 3 nitrogen and oxygen atoms in total. The summed E-state index contributed by atoms with van der Waals surface area (Å²) in [5.74, 6) is 2.92. The highest BCUT2D eigenvalue weighted by molar-refractivity contribution is 7.59. The van der Waals surface area contributed by atoms with Crippen molar-refractivity contribution in [2.75, 3.05) is 0 Å². The molecule has 20 heavy (non-hydrogen) atoms. The summed E-state index contributed by atoms with van der Waals surface area (Å²) in [5, 5.41) is 0. The van der Waals surface area contributed by atoms with Gasteiger partial charge in [-0.15, -0.1) is 0 Å². The molecule has 0 aromatic heterocycles. The molecular formula is C16H23O3P. The molecule has 0 spiro atoms. The molecule has 4 heteroatoms. The summed E-state index contributed by atoms with van der Waals surface area (Å²) in [6.45, 7) is 7.29. The normalized spacial score (nSPS) is 11.5. The molecule has 0 N–H and O–H groups in total. The van der Waals surface area contributed by atoms with Gasteiger partial charge in [-0.2, -0.15) is 0 Å². The van der Waals surface area contributed by atoms with Gasteiger partial charge in [0.15, 0.2) is 0 Å². The molecule has 0 bridgehead atoms. The van der Waals surface area contributed by atoms with Gasteiger partial charge >= 0.3 is 7.60 Å². The van der Waals surface area contributed by atoms with E-state index in [1.165, 1.54) is 5.56 Å². The summed E-state index contributed by atoms with van der Waals surface area (Å²) < 4.78 is 23.1. The highest BCUT2D eigenvalue weighted by atomic mass is 31.2. The predicted octanol–water partition coefficient (Wildman–Crippen LogP) is 4.62. The molecule has 0 aliphatic rings. The molecule has 1 rings (SSSR count). The van der Waals surface area contributed by atoms with Crippen LogP contribution in [0.25, 0.3) is 0 Å². The third-order valence-corrected chi connectivity index (χ3v) is 4.13. The number of hydrogen-bond acceptors (Lipinski definition) is 3. The monoisotopic (exact) mass is 294 g/mol. The number of benzene rings is 1. The molecule has 0 amide bonds. The largest absolute Gasteiger partial charge is 0.406 e. The number of hydrogen-bond donors (Lipinski definition) is 0. The molecule has 0 fully saturated rings. The summed E-state index contributed by atoms with van der Waals surface area (Å²) in [6.07, 6.45) is 1.11. The van der Waals surface area contributed by atoms with Gasteiger partial charge in [0, 0.05) is 12.1 Å². The Morgan fingerprint density at radius 2 is 1.60 bits per heavy atom. The first-order valence-electron chi connectivity index (χ1n) is 6.92. The molecule has 0 aliphatic carbocycles. The van der Waals surface area contributed by atoms with E-state index in [0.29, 0.717) is 6.42 Å². The zero-order valence-electron chi connectivity index (χ0n) is 12.6. The Kier molecular flexibility index (Phi) is 7.02. The molecule has 0 unspecified atom stereocenters. The lowest BCUT2D eigenvalue weighted by molar-refractivity contribution is 0.151. The Bertz CT molecular complexity index is 483. The van der Waals surface area contributed by atoms with E-state index >= 15 is 0 Å². The Morgan fingerprint density at radius 1 is 1.05 bits per heavy atom. The highest BCUT2D eigenvalue weighted by Gasteiger charge is 2.24. The fraction of sp³-hybridized carbons (Fsp3) is 0.500. The second-order valence-corrected chi connectivity index (χ2v) is 6.72. The summed E-state index contributed by atoms with van der Waals surface area (Å²) in [4.78, 5) is 0. The maximum Gasteiger partial charge on any atom is 0.406 e. The summed E-state index contributed by atoms with van der Waals surface area (Å²) in [6, 6.07) is 10.1. The molecular weight excluding hydrogens is 271 g/mol. The lowest BCUT2D eigenvalue weighted by Gasteiger charge is -2.17. The average Bonchev–Trinajstić information content (AvgIpc) is 2.34. The van der Waals surface area contributed by atoms with E-state index < -0.39 is 7.60 Å². The minimum absolute atomic E-state index is 0.178. The lowest BCUT2D eigenvalue weighted by atomic mass is 10.1. The van der Waals surface area contributed by atoms with Gasteiger partial charge in [0.1, 0.15) is 0 Å². The van der Waals surface area contributed by atoms with Gasteiger partial charge in [-0.05, 0) is 39.7 Å². The first-order chi connectivity index (χ1) is 9.41. The molecule has 0 heterocycles. The van der Waals surface area contributed by atoms with Gasteiger partial charge in [-0.3, -0.25) is 9.05 Å². The standard InChI is InChI=1S/C16H23O3P/c1-14(2)18-20(17,19-15(3)4)13-9-8-12-16-10-6-5-7-11-16/h5-7,10-11,14-15H,8,12H2,1-4H3. The molecule has 0 aliphatic heterocycles. The van der Waals surface area contributed by atoms with Crippen LogP contribution in [0.3, 0.4) is 0 Å². The zero-order valence-corrected chi connectivity index (χ0v) is 13.5. The predicted molar refractivity (Wildman–Crippen MR) is 82.6 cm³/mol. The van der Waals surface area contributed by atoms with Crippen LogP contribution < -0.4 is 0 Å². The lowest BCUT2D eigenvalue weighted by Crippen LogP contribution is -2.06. The fourth-order valence-electron chi connectivity index (χ4n) is 1.64. The van der Waals surface area contributed by atoms with Gasteiger partial charge in [-0.25, -0.2) is 4.57 Å². The smallest absolute Gasteiger partial charge is 0.297 e. The van der Waals surface area contributed by atoms with E-state index in [1.54, 1.807) is 0 Å². The molecule has 110 valence electrons. The van der Waals surface area contributed by atoms with Crippen LogP contribution in [0.15, 0.2) is 30.3 Å². The minimum atomic E-state index is -3.31. The number of rotatable bonds is 6. The van der Waals surface area contributed by atoms with Crippen molar-refractivity contribution < 1.29 is 13.6 Å². The van der Waals surface area contributed by atoms with Crippen molar-refractivity contribution in [3.05, 3.63) is 35.9 Å². The van der Waals surface area contributed by atoms with Gasteiger partial charge < -0.3 is 0 Å². The topological polar surface area (TPSA) is 35.5 Å². The van der Waals surface area contributed by atoms with E-state index in [1.807, 2.05) is 45.9 Å². The van der Waals surface area contributed by atoms with E-state index in [0.717, 1.165) is 6.42 Å². The van der Waals surface area contributed by atoms with Crippen molar-refractivity contribution in [1.29, 1.82) is 0 Å². The molecule has 1 aromatic carbocycles. The molecule has 0 atom stereocenters. The SMILES string of the molecule is CC(C)OP(=O)(C#CCCc1ccccc1)OC(C)C. The third-order valence-electron chi connectivity index (χ3n) is 2.30. The van der Waals surface area contributed by atoms with E-state index in [4.69, 9.17) is 9.05 Å². The van der Waals surface area contributed by atoms with Crippen LogP contribution in [-0.2, 0) is 20.0 Å². The minimum Gasteiger partial charge on any atom is -0.297 e. The Morgan fingerprint density at radius 3 is 2.10 bits per heavy atom. The summed E-state index contributed by atoms with van der Waals surface area (Å²) >= 11 is 0. The van der Waals surface area contributed by atoms with Crippen molar-refractivity contribution in [3.8, 4) is 11.6 Å². The van der Waals surface area contributed by atoms with E-state index in [2.05, 4.69) is 23.7 Å². The van der Waals surface area contributed by atoms with Crippen LogP contribution in [0.4, 0.5) is 0 Å². The molecule has 0 saturated carbocycles. The Balaban J connectivity index is 2.62. The third kappa shape index (κ3) is 6.91. The second-order valence-electron chi connectivity index (χ2n) is 5.08. The van der Waals surface area contributed by atoms with Crippen molar-refractivity contribution in [1.82, 2.24) is 0 Å². The Labute approximate surface area is 122 Å². The van der Waals surface area contributed by atoms with Crippen LogP contribution in [0.2, 0.25) is 0 Å². The van der Waals surface area contributed by atoms with Crippen LogP contribution in [0.5, 0.6) is 0 Å². The van der Waals surface area contributed by atoms with Crippen LogP contribution >= 0.6 is 7.60 Å². The quantitative estimate of drug-likeness (QED) is 0.567. The van der Waals surface area contributed by atoms with Crippen LogP contribution in [0.1, 0.15) is 39.7 Å². The fourth-order valence-corrected chi connectivity index (χ4v) is 3.21. The van der Waals surface area contributed by atoms with Crippen LogP contribution in [0, 0.1) is 11.6 Å². The van der Waals surface area contributed by atoms with Crippen molar-refractivity contribution in [3.63, 3.8) is 0 Å². The summed E-state index contributed by atoms with van der Waals surface area (Å²) in [7, 11) is -3.31. The van der Waals surface area contributed by atoms with Crippen molar-refractivity contribution >= 4 is 7.60 Å². The molecule has 1 aromatic rings. The van der Waals surface area contributed by atoms with Crippen molar-refractivity contribution in [2.24, 2.45) is 0 Å². The Hall–Kier alpha value is -1.07. The average molecular weight is 294 g/mol. The van der Waals surface area contributed by atoms with Gasteiger partial charge in [0.05, 0.1) is 12.2 Å². The molecule has 0 saturated heterocycles. The van der Waals surface area contributed by atoms with E-state index in [-0.39, 0.29) is 12.2 Å². The zero-order chi connectivity index (χ0) is 15.0. The van der Waals surface area contributed by atoms with Crippen molar-refractivity contribution in [2.45, 2.75) is 52.7 Å². The van der Waals surface area contributed by atoms with Gasteiger partial charge in [0.25, 0.3) is 0 Å². The van der Waals surface area contributed by atoms with Gasteiger partial charge in [0.2, 0.25) is 0 Å². The maximum absolute atomic E-state index is 12.4. The summed E-state index contributed by atoms with van der Waals surface area (Å²) in [5.41, 5.74) is 3.90. The second kappa shape index (κ2) is 8.27.